The largest absolute Gasteiger partial charge is 0.370 e. The first-order valence-electron chi connectivity index (χ1n) is 25.6. The van der Waals surface area contributed by atoms with Crippen molar-refractivity contribution in [3.63, 3.8) is 0 Å². The van der Waals surface area contributed by atoms with E-state index in [0.29, 0.717) is 11.1 Å². The number of carbonyl (C=O) groups is 9. The predicted octanol–water partition coefficient (Wildman–Crippen LogP) is -0.679. The minimum absolute atomic E-state index is 0.0259. The van der Waals surface area contributed by atoms with E-state index in [4.69, 9.17) is 34.4 Å². The Bertz CT molecular complexity index is 2630. The number of aliphatic imine (C=N–C) groups is 2. The first kappa shape index (κ1) is 61.3. The number of guanidine groups is 2. The summed E-state index contributed by atoms with van der Waals surface area (Å²) < 4.78 is 0. The molecular formula is C51H73N15O11. The van der Waals surface area contributed by atoms with Crippen molar-refractivity contribution in [1.82, 2.24) is 31.6 Å². The summed E-state index contributed by atoms with van der Waals surface area (Å²) in [7, 11) is 0. The molecule has 0 spiro atoms. The van der Waals surface area contributed by atoms with Gasteiger partial charge < -0.3 is 66.0 Å². The molecule has 3 aromatic rings. The number of carbonyl (C=O) groups excluding carboxylic acids is 9. The lowest BCUT2D eigenvalue weighted by atomic mass is 9.83. The van der Waals surface area contributed by atoms with Crippen molar-refractivity contribution in [2.75, 3.05) is 19.6 Å². The highest BCUT2D eigenvalue weighted by atomic mass is 16.6. The number of non-ortho nitro benzene ring substituents is 1. The molecule has 26 heteroatoms. The second-order valence-corrected chi connectivity index (χ2v) is 19.1. The molecule has 1 fully saturated rings. The Labute approximate surface area is 445 Å². The average molecular weight is 1070 g/mol. The third kappa shape index (κ3) is 20.7. The van der Waals surface area contributed by atoms with Gasteiger partial charge in [0.05, 0.1) is 11.0 Å². The van der Waals surface area contributed by atoms with Gasteiger partial charge in [-0.2, -0.15) is 0 Å². The lowest BCUT2D eigenvalue weighted by Gasteiger charge is -2.27. The SMILES string of the molecule is CC(=O)N[C@@H](CCCN=C(N)N)C(=O)N[C@H]1CCC(=O)CCCC[C@@H](C(N)=O)NC(=O)[C@H](Cc2c[nH]c3ccccc23)CC(=O)[C@H](CCCN=C(N)N)CC(=O)[C@@H](Cc2ccc([N+](=O)[O-])cc2)NC(=O)[C@H](CCN)NC1=O. The first-order valence-corrected chi connectivity index (χ1v) is 25.6. The normalized spacial score (nSPS) is 21.1. The topological polar surface area (TPSA) is 454 Å². The molecule has 1 saturated heterocycles. The molecule has 0 radical (unpaired) electrons. The van der Waals surface area contributed by atoms with E-state index in [0.717, 1.165) is 10.9 Å². The molecule has 2 heterocycles. The van der Waals surface area contributed by atoms with Crippen molar-refractivity contribution in [3.8, 4) is 0 Å². The number of Topliss-reactive ketones (excluding diaryl/α,β-unsaturated/α-hetero) is 3. The predicted molar refractivity (Wildman–Crippen MR) is 286 cm³/mol. The van der Waals surface area contributed by atoms with E-state index < -0.39 is 107 Å². The summed E-state index contributed by atoms with van der Waals surface area (Å²) in [6.45, 7) is 1.22. The van der Waals surface area contributed by atoms with Crippen LogP contribution in [0.1, 0.15) is 102 Å². The van der Waals surface area contributed by atoms with Crippen LogP contribution in [0.2, 0.25) is 0 Å². The highest BCUT2D eigenvalue weighted by Crippen LogP contribution is 2.27. The maximum atomic E-state index is 14.8. The molecule has 6 amide bonds. The Hall–Kier alpha value is -8.29. The lowest BCUT2D eigenvalue weighted by molar-refractivity contribution is -0.384. The fraction of sp³-hybridized carbons (Fsp3) is 0.510. The molecule has 18 N–H and O–H groups in total. The van der Waals surface area contributed by atoms with Crippen LogP contribution < -0.4 is 61.0 Å². The highest BCUT2D eigenvalue weighted by molar-refractivity contribution is 5.98. The summed E-state index contributed by atoms with van der Waals surface area (Å²) in [5.41, 5.74) is 35.4. The molecule has 418 valence electrons. The molecule has 4 rings (SSSR count). The van der Waals surface area contributed by atoms with Gasteiger partial charge in [-0.1, -0.05) is 36.8 Å². The maximum absolute atomic E-state index is 14.8. The molecule has 0 aliphatic carbocycles. The van der Waals surface area contributed by atoms with Gasteiger partial charge in [-0.05, 0) is 87.9 Å². The number of primary amides is 1. The molecular weight excluding hydrogens is 999 g/mol. The van der Waals surface area contributed by atoms with Crippen LogP contribution in [0.4, 0.5) is 5.69 Å². The number of nitro groups is 1. The zero-order valence-electron chi connectivity index (χ0n) is 43.3. The van der Waals surface area contributed by atoms with Crippen LogP contribution in [0, 0.1) is 22.0 Å². The van der Waals surface area contributed by atoms with Crippen LogP contribution in [0.5, 0.6) is 0 Å². The number of nitrogens with zero attached hydrogens (tertiary/aromatic N) is 3. The Balaban J connectivity index is 1.79. The fourth-order valence-electron chi connectivity index (χ4n) is 8.99. The number of nitro benzene ring substituents is 1. The van der Waals surface area contributed by atoms with E-state index in [9.17, 15) is 53.3 Å². The number of rotatable bonds is 19. The smallest absolute Gasteiger partial charge is 0.269 e. The molecule has 1 aliphatic heterocycles. The van der Waals surface area contributed by atoms with Crippen LogP contribution in [-0.2, 0) is 56.0 Å². The number of ketones is 3. The van der Waals surface area contributed by atoms with Crippen molar-refractivity contribution in [1.29, 1.82) is 0 Å². The van der Waals surface area contributed by atoms with E-state index in [2.05, 4.69) is 41.6 Å². The highest BCUT2D eigenvalue weighted by Gasteiger charge is 2.35. The van der Waals surface area contributed by atoms with E-state index >= 15 is 0 Å². The number of aromatic amines is 1. The Kier molecular flexibility index (Phi) is 24.6. The van der Waals surface area contributed by atoms with E-state index in [1.165, 1.54) is 31.2 Å². The van der Waals surface area contributed by atoms with Gasteiger partial charge in [0.2, 0.25) is 35.4 Å². The summed E-state index contributed by atoms with van der Waals surface area (Å²) in [6, 6.07) is 5.84. The quantitative estimate of drug-likeness (QED) is 0.0233. The van der Waals surface area contributed by atoms with Gasteiger partial charge in [0, 0.05) is 86.8 Å². The minimum atomic E-state index is -1.47. The van der Waals surface area contributed by atoms with Crippen LogP contribution in [0.25, 0.3) is 10.9 Å². The zero-order chi connectivity index (χ0) is 56.6. The molecule has 0 unspecified atom stereocenters. The average Bonchev–Trinajstić information content (AvgIpc) is 3.78. The second kappa shape index (κ2) is 30.9. The molecule has 1 aliphatic rings. The number of nitrogens with one attached hydrogen (secondary N) is 6. The summed E-state index contributed by atoms with van der Waals surface area (Å²) in [4.78, 5) is 147. The molecule has 26 nitrogen and oxygen atoms in total. The fourth-order valence-corrected chi connectivity index (χ4v) is 8.99. The molecule has 2 aromatic carbocycles. The van der Waals surface area contributed by atoms with Crippen molar-refractivity contribution in [3.05, 3.63) is 76.0 Å². The summed E-state index contributed by atoms with van der Waals surface area (Å²) in [5, 5.41) is 25.5. The summed E-state index contributed by atoms with van der Waals surface area (Å²) in [6.07, 6.45) is 0.890. The van der Waals surface area contributed by atoms with E-state index in [1.54, 1.807) is 6.20 Å². The third-order valence-electron chi connectivity index (χ3n) is 13.1. The van der Waals surface area contributed by atoms with Gasteiger partial charge in [0.25, 0.3) is 5.69 Å². The van der Waals surface area contributed by atoms with Crippen molar-refractivity contribution >= 4 is 81.3 Å². The number of amides is 6. The number of H-pyrrole nitrogens is 1. The van der Waals surface area contributed by atoms with Crippen LogP contribution in [-0.4, -0.2) is 124 Å². The lowest BCUT2D eigenvalue weighted by Crippen LogP contribution is -2.58. The minimum Gasteiger partial charge on any atom is -0.370 e. The molecule has 0 saturated carbocycles. The zero-order valence-corrected chi connectivity index (χ0v) is 43.3. The van der Waals surface area contributed by atoms with Gasteiger partial charge >= 0.3 is 0 Å². The molecule has 0 bridgehead atoms. The van der Waals surface area contributed by atoms with Crippen molar-refractivity contribution in [2.24, 2.45) is 56.2 Å². The number of para-hydroxylation sites is 1. The third-order valence-corrected chi connectivity index (χ3v) is 13.1. The van der Waals surface area contributed by atoms with Crippen molar-refractivity contribution < 1.29 is 48.1 Å². The number of hydrogen-bond donors (Lipinski definition) is 12. The van der Waals surface area contributed by atoms with Crippen LogP contribution in [0.15, 0.2) is 64.7 Å². The number of aromatic nitrogens is 1. The summed E-state index contributed by atoms with van der Waals surface area (Å²) in [5.74, 6) is -8.76. The Morgan fingerprint density at radius 2 is 1.42 bits per heavy atom. The summed E-state index contributed by atoms with van der Waals surface area (Å²) >= 11 is 0. The van der Waals surface area contributed by atoms with Crippen molar-refractivity contribution in [2.45, 2.75) is 133 Å². The van der Waals surface area contributed by atoms with Gasteiger partial charge in [-0.15, -0.1) is 0 Å². The number of nitrogens with two attached hydrogens (primary N) is 6. The van der Waals surface area contributed by atoms with E-state index in [1.807, 2.05) is 24.3 Å². The number of hydrogen-bond acceptors (Lipinski definition) is 14. The maximum Gasteiger partial charge on any atom is 0.269 e. The van der Waals surface area contributed by atoms with Crippen LogP contribution >= 0.6 is 0 Å². The van der Waals surface area contributed by atoms with Gasteiger partial charge in [-0.3, -0.25) is 63.2 Å². The monoisotopic (exact) mass is 1070 g/mol. The number of fused-ring (bicyclic) bond motifs is 1. The second-order valence-electron chi connectivity index (χ2n) is 19.1. The standard InChI is InChI=1S/C51H73N15O11/c1-29(67)61-39(13-7-23-59-51(56)57)47(73)63-40-19-18-35(68)9-2-4-12-38(45(53)71)62-46(72)32(25-33-28-60-37-11-5-3-10-36(33)37)27-43(69)31(8-6-22-58-50(54)55)26-44(70)42(24-30-14-16-34(17-15-30)66(76)77)65-49(75)41(20-21-52)64-48(40)74/h3,5,10-11,14-17,28,31-32,38-42,60H,2,4,6-9,12-13,18-27,52H2,1H3,(H2,53,71)(H,61,67)(H,62,72)(H,63,73)(H,64,74)(H,65,75)(H4,54,55,58)(H4,56,57,59)/t31-,32-,38+,39+,40+,41+,42-/m1/s1. The Morgan fingerprint density at radius 1 is 0.753 bits per heavy atom. The molecule has 1 aromatic heterocycles. The Morgan fingerprint density at radius 3 is 2.06 bits per heavy atom. The van der Waals surface area contributed by atoms with Gasteiger partial charge in [-0.25, -0.2) is 0 Å². The van der Waals surface area contributed by atoms with Gasteiger partial charge in [0.1, 0.15) is 35.7 Å². The van der Waals surface area contributed by atoms with E-state index in [-0.39, 0.29) is 126 Å². The van der Waals surface area contributed by atoms with Gasteiger partial charge in [0.15, 0.2) is 17.7 Å². The molecule has 77 heavy (non-hydrogen) atoms. The number of benzene rings is 2. The first-order chi connectivity index (χ1) is 36.6. The molecule has 7 atom stereocenters. The van der Waals surface area contributed by atoms with Crippen LogP contribution in [0.3, 0.4) is 0 Å².